The van der Waals surface area contributed by atoms with Crippen molar-refractivity contribution in [3.05, 3.63) is 62.9 Å². The number of para-hydroxylation sites is 1. The molecule has 2 aromatic heterocycles. The van der Waals surface area contributed by atoms with Crippen LogP contribution in [-0.4, -0.2) is 11.5 Å². The number of thiophene rings is 1. The summed E-state index contributed by atoms with van der Waals surface area (Å²) in [5.74, 6) is 0. The molecule has 0 aliphatic carbocycles. The van der Waals surface area contributed by atoms with Crippen LogP contribution < -0.4 is 5.32 Å². The predicted molar refractivity (Wildman–Crippen MR) is 89.3 cm³/mol. The number of benzene rings is 1. The van der Waals surface area contributed by atoms with Gasteiger partial charge in [-0.15, -0.1) is 0 Å². The van der Waals surface area contributed by atoms with Gasteiger partial charge in [-0.25, -0.2) is 4.98 Å². The van der Waals surface area contributed by atoms with E-state index in [9.17, 15) is 0 Å². The summed E-state index contributed by atoms with van der Waals surface area (Å²) in [4.78, 5) is 4.84. The highest BCUT2D eigenvalue weighted by Crippen LogP contribution is 2.30. The zero-order chi connectivity index (χ0) is 13.9. The maximum absolute atomic E-state index is 4.84. The molecule has 0 saturated carbocycles. The average molecular weight is 347 g/mol. The van der Waals surface area contributed by atoms with Crippen LogP contribution in [0, 0.1) is 0 Å². The van der Waals surface area contributed by atoms with Crippen LogP contribution >= 0.6 is 27.3 Å². The third-order valence-electron chi connectivity index (χ3n) is 3.26. The van der Waals surface area contributed by atoms with Crippen LogP contribution in [0.25, 0.3) is 10.9 Å². The van der Waals surface area contributed by atoms with Crippen LogP contribution in [-0.2, 0) is 0 Å². The molecule has 0 aliphatic rings. The van der Waals surface area contributed by atoms with Gasteiger partial charge in [0.05, 0.1) is 17.3 Å². The van der Waals surface area contributed by atoms with Gasteiger partial charge in [0, 0.05) is 9.86 Å². The Balaban J connectivity index is 2.13. The quantitative estimate of drug-likeness (QED) is 0.736. The maximum Gasteiger partial charge on any atom is 0.0771 e. The number of nitrogens with zero attached hydrogens (tertiary/aromatic N) is 1. The highest BCUT2D eigenvalue weighted by molar-refractivity contribution is 9.10. The predicted octanol–water partition coefficient (Wildman–Crippen LogP) is 4.76. The van der Waals surface area contributed by atoms with Crippen LogP contribution in [0.2, 0.25) is 0 Å². The number of aromatic nitrogens is 1. The third kappa shape index (κ3) is 2.64. The van der Waals surface area contributed by atoms with Gasteiger partial charge in [-0.1, -0.05) is 25.1 Å². The van der Waals surface area contributed by atoms with E-state index in [2.05, 4.69) is 63.2 Å². The molecule has 0 radical (unpaired) electrons. The van der Waals surface area contributed by atoms with Crippen molar-refractivity contribution in [1.29, 1.82) is 0 Å². The molecule has 2 heterocycles. The minimum Gasteiger partial charge on any atom is -0.305 e. The minimum absolute atomic E-state index is 0.130. The average Bonchev–Trinajstić information content (AvgIpc) is 2.98. The van der Waals surface area contributed by atoms with Gasteiger partial charge in [0.25, 0.3) is 0 Å². The first-order valence-corrected chi connectivity index (χ1v) is 8.34. The molecule has 0 fully saturated rings. The summed E-state index contributed by atoms with van der Waals surface area (Å²) in [5, 5.41) is 8.96. The second-order valence-electron chi connectivity index (χ2n) is 4.60. The second-order valence-corrected chi connectivity index (χ2v) is 6.23. The van der Waals surface area contributed by atoms with Gasteiger partial charge in [-0.2, -0.15) is 11.3 Å². The van der Waals surface area contributed by atoms with Crippen molar-refractivity contribution in [2.24, 2.45) is 0 Å². The fourth-order valence-electron chi connectivity index (χ4n) is 2.32. The number of hydrogen-bond donors (Lipinski definition) is 1. The van der Waals surface area contributed by atoms with E-state index in [1.165, 1.54) is 5.56 Å². The van der Waals surface area contributed by atoms with Crippen molar-refractivity contribution in [3.8, 4) is 0 Å². The van der Waals surface area contributed by atoms with Crippen LogP contribution in [0.4, 0.5) is 0 Å². The van der Waals surface area contributed by atoms with E-state index < -0.39 is 0 Å². The summed E-state index contributed by atoms with van der Waals surface area (Å²) in [6.45, 7) is 3.02. The van der Waals surface area contributed by atoms with E-state index >= 15 is 0 Å². The van der Waals surface area contributed by atoms with Gasteiger partial charge in [0.2, 0.25) is 0 Å². The van der Waals surface area contributed by atoms with Crippen molar-refractivity contribution < 1.29 is 0 Å². The van der Waals surface area contributed by atoms with Crippen LogP contribution in [0.5, 0.6) is 0 Å². The van der Waals surface area contributed by atoms with Crippen LogP contribution in [0.15, 0.2) is 51.6 Å². The van der Waals surface area contributed by atoms with Gasteiger partial charge in [-0.3, -0.25) is 0 Å². The second kappa shape index (κ2) is 6.04. The minimum atomic E-state index is 0.130. The van der Waals surface area contributed by atoms with Crippen molar-refractivity contribution in [1.82, 2.24) is 10.3 Å². The monoisotopic (exact) mass is 346 g/mol. The van der Waals surface area contributed by atoms with E-state index in [0.29, 0.717) is 0 Å². The van der Waals surface area contributed by atoms with Gasteiger partial charge in [-0.05, 0) is 57.0 Å². The molecule has 3 rings (SSSR count). The summed E-state index contributed by atoms with van der Waals surface area (Å²) in [6.07, 6.45) is 0. The molecule has 1 N–H and O–H groups in total. The highest BCUT2D eigenvalue weighted by Gasteiger charge is 2.18. The molecule has 0 aliphatic heterocycles. The van der Waals surface area contributed by atoms with Crippen molar-refractivity contribution >= 4 is 38.2 Å². The summed E-state index contributed by atoms with van der Waals surface area (Å²) < 4.78 is 1.05. The fourth-order valence-corrected chi connectivity index (χ4v) is 3.57. The molecular formula is C16H15BrN2S. The number of halogens is 1. The Morgan fingerprint density at radius 3 is 2.90 bits per heavy atom. The molecule has 3 aromatic rings. The van der Waals surface area contributed by atoms with Crippen molar-refractivity contribution in [2.75, 3.05) is 6.54 Å². The molecule has 1 atom stereocenters. The molecule has 0 spiro atoms. The van der Waals surface area contributed by atoms with Crippen molar-refractivity contribution in [3.63, 3.8) is 0 Å². The van der Waals surface area contributed by atoms with Crippen LogP contribution in [0.1, 0.15) is 24.2 Å². The van der Waals surface area contributed by atoms with Gasteiger partial charge >= 0.3 is 0 Å². The largest absolute Gasteiger partial charge is 0.305 e. The number of pyridine rings is 1. The maximum atomic E-state index is 4.84. The zero-order valence-corrected chi connectivity index (χ0v) is 13.5. The molecule has 2 nitrogen and oxygen atoms in total. The molecular weight excluding hydrogens is 332 g/mol. The Morgan fingerprint density at radius 1 is 1.30 bits per heavy atom. The highest BCUT2D eigenvalue weighted by atomic mass is 79.9. The molecule has 0 saturated heterocycles. The Hall–Kier alpha value is -1.23. The van der Waals surface area contributed by atoms with E-state index in [1.807, 2.05) is 12.1 Å². The van der Waals surface area contributed by atoms with E-state index in [4.69, 9.17) is 4.98 Å². The lowest BCUT2D eigenvalue weighted by molar-refractivity contribution is 0.617. The first-order chi connectivity index (χ1) is 9.79. The Morgan fingerprint density at radius 2 is 2.15 bits per heavy atom. The molecule has 4 heteroatoms. The lowest BCUT2D eigenvalue weighted by Gasteiger charge is -2.18. The van der Waals surface area contributed by atoms with Crippen LogP contribution in [0.3, 0.4) is 0 Å². The normalized spacial score (nSPS) is 12.7. The molecule has 20 heavy (non-hydrogen) atoms. The lowest BCUT2D eigenvalue weighted by atomic mass is 10.1. The molecule has 1 unspecified atom stereocenters. The molecule has 0 bridgehead atoms. The first kappa shape index (κ1) is 13.7. The number of fused-ring (bicyclic) bond motifs is 1. The Kier molecular flexibility index (Phi) is 4.15. The van der Waals surface area contributed by atoms with E-state index in [-0.39, 0.29) is 6.04 Å². The Bertz CT molecular complexity index is 710. The topological polar surface area (TPSA) is 24.9 Å². The molecule has 1 aromatic carbocycles. The summed E-state index contributed by atoms with van der Waals surface area (Å²) >= 11 is 5.39. The smallest absolute Gasteiger partial charge is 0.0771 e. The number of rotatable bonds is 4. The Labute approximate surface area is 131 Å². The summed E-state index contributed by atoms with van der Waals surface area (Å²) in [6, 6.07) is 12.6. The SMILES string of the molecule is CCNC(c1ccsc1)c1nc2ccccc2cc1Br. The molecule has 0 amide bonds. The van der Waals surface area contributed by atoms with Gasteiger partial charge < -0.3 is 5.32 Å². The summed E-state index contributed by atoms with van der Waals surface area (Å²) in [7, 11) is 0. The standard InChI is InChI=1S/C16H15BrN2S/c1-2-18-15(12-7-8-20-10-12)16-13(17)9-11-5-3-4-6-14(11)19-16/h3-10,15,18H,2H2,1H3. The first-order valence-electron chi connectivity index (χ1n) is 6.60. The fraction of sp³-hybridized carbons (Fsp3) is 0.188. The zero-order valence-electron chi connectivity index (χ0n) is 11.1. The van der Waals surface area contributed by atoms with Crippen molar-refractivity contribution in [2.45, 2.75) is 13.0 Å². The summed E-state index contributed by atoms with van der Waals surface area (Å²) in [5.41, 5.74) is 3.34. The lowest BCUT2D eigenvalue weighted by Crippen LogP contribution is -2.23. The van der Waals surface area contributed by atoms with E-state index in [0.717, 1.165) is 27.6 Å². The van der Waals surface area contributed by atoms with Gasteiger partial charge in [0.15, 0.2) is 0 Å². The van der Waals surface area contributed by atoms with E-state index in [1.54, 1.807) is 11.3 Å². The number of hydrogen-bond acceptors (Lipinski definition) is 3. The van der Waals surface area contributed by atoms with Gasteiger partial charge in [0.1, 0.15) is 0 Å². The third-order valence-corrected chi connectivity index (χ3v) is 4.60. The number of nitrogens with one attached hydrogen (secondary N) is 1. The molecule has 102 valence electrons.